The van der Waals surface area contributed by atoms with E-state index in [4.69, 9.17) is 0 Å². The first-order valence-electron chi connectivity index (χ1n) is 7.57. The van der Waals surface area contributed by atoms with E-state index in [9.17, 15) is 4.79 Å². The van der Waals surface area contributed by atoms with Crippen LogP contribution in [0.1, 0.15) is 37.1 Å². The summed E-state index contributed by atoms with van der Waals surface area (Å²) in [5.41, 5.74) is 2.08. The number of hydrogen-bond donors (Lipinski definition) is 1. The van der Waals surface area contributed by atoms with Gasteiger partial charge in [0.25, 0.3) is 0 Å². The summed E-state index contributed by atoms with van der Waals surface area (Å²) >= 11 is 0. The maximum Gasteiger partial charge on any atom is 0.219 e. The van der Waals surface area contributed by atoms with Gasteiger partial charge in [0.05, 0.1) is 6.04 Å². The minimum absolute atomic E-state index is 0.133. The molecule has 1 aliphatic rings. The Bertz CT molecular complexity index is 686. The van der Waals surface area contributed by atoms with E-state index in [0.29, 0.717) is 0 Å². The van der Waals surface area contributed by atoms with Crippen molar-refractivity contribution in [2.24, 2.45) is 0 Å². The van der Waals surface area contributed by atoms with Crippen molar-refractivity contribution in [3.05, 3.63) is 47.8 Å². The molecular weight excluding hydrogens is 276 g/mol. The van der Waals surface area contributed by atoms with Gasteiger partial charge in [-0.05, 0) is 49.6 Å². The summed E-state index contributed by atoms with van der Waals surface area (Å²) in [5.74, 6) is 1.67. The molecule has 0 radical (unpaired) electrons. The molecule has 2 aromatic heterocycles. The fourth-order valence-electron chi connectivity index (χ4n) is 2.96. The largest absolute Gasteiger partial charge is 0.336 e. The van der Waals surface area contributed by atoms with E-state index >= 15 is 0 Å². The van der Waals surface area contributed by atoms with Crippen LogP contribution in [-0.4, -0.2) is 27.3 Å². The maximum absolute atomic E-state index is 11.7. The third-order valence-electron chi connectivity index (χ3n) is 3.97. The molecule has 5 heteroatoms. The average molecular weight is 296 g/mol. The highest BCUT2D eigenvalue weighted by Gasteiger charge is 2.27. The highest BCUT2D eigenvalue weighted by Crippen LogP contribution is 2.32. The van der Waals surface area contributed by atoms with Gasteiger partial charge in [0.1, 0.15) is 11.6 Å². The van der Waals surface area contributed by atoms with Gasteiger partial charge < -0.3 is 10.2 Å². The minimum atomic E-state index is 0.133. The van der Waals surface area contributed by atoms with E-state index in [2.05, 4.69) is 15.3 Å². The zero-order valence-corrected chi connectivity index (χ0v) is 12.9. The fourth-order valence-corrected chi connectivity index (χ4v) is 2.96. The summed E-state index contributed by atoms with van der Waals surface area (Å²) in [5, 5.41) is 3.23. The van der Waals surface area contributed by atoms with Gasteiger partial charge in [-0.15, -0.1) is 0 Å². The first kappa shape index (κ1) is 14.5. The molecule has 0 aromatic carbocycles. The number of anilines is 2. The topological polar surface area (TPSA) is 58.1 Å². The molecule has 3 rings (SSSR count). The van der Waals surface area contributed by atoms with Gasteiger partial charge in [0.15, 0.2) is 0 Å². The van der Waals surface area contributed by atoms with Crippen LogP contribution in [-0.2, 0) is 4.79 Å². The predicted molar refractivity (Wildman–Crippen MR) is 85.9 cm³/mol. The van der Waals surface area contributed by atoms with Crippen LogP contribution >= 0.6 is 0 Å². The van der Waals surface area contributed by atoms with Gasteiger partial charge in [0, 0.05) is 25.4 Å². The van der Waals surface area contributed by atoms with Crippen LogP contribution in [0.3, 0.4) is 0 Å². The van der Waals surface area contributed by atoms with Crippen LogP contribution in [0, 0.1) is 6.92 Å². The van der Waals surface area contributed by atoms with Gasteiger partial charge in [0.2, 0.25) is 5.91 Å². The lowest BCUT2D eigenvalue weighted by Gasteiger charge is -2.23. The predicted octanol–water partition coefficient (Wildman–Crippen LogP) is 3.21. The van der Waals surface area contributed by atoms with Crippen LogP contribution in [0.5, 0.6) is 0 Å². The van der Waals surface area contributed by atoms with Gasteiger partial charge in [-0.2, -0.15) is 0 Å². The first-order chi connectivity index (χ1) is 10.6. The van der Waals surface area contributed by atoms with Crippen molar-refractivity contribution in [1.82, 2.24) is 14.9 Å². The van der Waals surface area contributed by atoms with Crippen molar-refractivity contribution < 1.29 is 4.79 Å². The second-order valence-corrected chi connectivity index (χ2v) is 5.63. The van der Waals surface area contributed by atoms with Crippen molar-refractivity contribution in [2.75, 3.05) is 11.9 Å². The van der Waals surface area contributed by atoms with Crippen LogP contribution in [0.4, 0.5) is 11.6 Å². The Morgan fingerprint density at radius 1 is 1.32 bits per heavy atom. The molecule has 1 unspecified atom stereocenters. The molecule has 1 fully saturated rings. The van der Waals surface area contributed by atoms with E-state index in [0.717, 1.165) is 42.3 Å². The molecule has 2 aromatic rings. The Kier molecular flexibility index (Phi) is 4.04. The molecule has 114 valence electrons. The Labute approximate surface area is 130 Å². The number of amides is 1. The molecule has 0 aliphatic carbocycles. The number of carbonyl (C=O) groups is 1. The molecule has 1 N–H and O–H groups in total. The Morgan fingerprint density at radius 3 is 2.95 bits per heavy atom. The summed E-state index contributed by atoms with van der Waals surface area (Å²) in [4.78, 5) is 22.4. The summed E-state index contributed by atoms with van der Waals surface area (Å²) in [7, 11) is 0. The molecule has 22 heavy (non-hydrogen) atoms. The van der Waals surface area contributed by atoms with Gasteiger partial charge in [-0.25, -0.2) is 9.97 Å². The van der Waals surface area contributed by atoms with Crippen molar-refractivity contribution in [3.8, 4) is 0 Å². The second-order valence-electron chi connectivity index (χ2n) is 5.63. The Hall–Kier alpha value is -2.43. The molecular formula is C17H20N4O. The van der Waals surface area contributed by atoms with E-state index in [1.807, 2.05) is 42.2 Å². The SMILES string of the molecule is CC(=O)N1CCCC1c1ccnc(Nc2cccc(C)n2)c1. The van der Waals surface area contributed by atoms with Crippen molar-refractivity contribution in [1.29, 1.82) is 0 Å². The second kappa shape index (κ2) is 6.13. The summed E-state index contributed by atoms with van der Waals surface area (Å²) in [6.45, 7) is 4.43. The number of pyridine rings is 2. The van der Waals surface area contributed by atoms with E-state index < -0.39 is 0 Å². The summed E-state index contributed by atoms with van der Waals surface area (Å²) < 4.78 is 0. The average Bonchev–Trinajstić information content (AvgIpc) is 2.97. The lowest BCUT2D eigenvalue weighted by Crippen LogP contribution is -2.28. The van der Waals surface area contributed by atoms with Gasteiger partial charge in [-0.1, -0.05) is 6.07 Å². The van der Waals surface area contributed by atoms with Crippen LogP contribution < -0.4 is 5.32 Å². The zero-order valence-electron chi connectivity index (χ0n) is 12.9. The van der Waals surface area contributed by atoms with E-state index in [1.165, 1.54) is 0 Å². The third-order valence-corrected chi connectivity index (χ3v) is 3.97. The smallest absolute Gasteiger partial charge is 0.219 e. The van der Waals surface area contributed by atoms with Crippen LogP contribution in [0.25, 0.3) is 0 Å². The number of carbonyl (C=O) groups excluding carboxylic acids is 1. The van der Waals surface area contributed by atoms with Gasteiger partial charge in [-0.3, -0.25) is 4.79 Å². The Morgan fingerprint density at radius 2 is 2.18 bits per heavy atom. The normalized spacial score (nSPS) is 17.5. The van der Waals surface area contributed by atoms with Crippen molar-refractivity contribution in [2.45, 2.75) is 32.7 Å². The number of likely N-dealkylation sites (tertiary alicyclic amines) is 1. The number of aryl methyl sites for hydroxylation is 1. The molecule has 3 heterocycles. The van der Waals surface area contributed by atoms with Crippen LogP contribution in [0.15, 0.2) is 36.5 Å². The van der Waals surface area contributed by atoms with Crippen molar-refractivity contribution in [3.63, 3.8) is 0 Å². The third kappa shape index (κ3) is 3.08. The molecule has 1 aliphatic heterocycles. The zero-order chi connectivity index (χ0) is 15.5. The summed E-state index contributed by atoms with van der Waals surface area (Å²) in [6.07, 6.45) is 3.84. The quantitative estimate of drug-likeness (QED) is 0.945. The van der Waals surface area contributed by atoms with E-state index in [-0.39, 0.29) is 11.9 Å². The molecule has 1 amide bonds. The van der Waals surface area contributed by atoms with Gasteiger partial charge >= 0.3 is 0 Å². The number of nitrogens with one attached hydrogen (secondary N) is 1. The Balaban J connectivity index is 1.82. The first-order valence-corrected chi connectivity index (χ1v) is 7.57. The van der Waals surface area contributed by atoms with E-state index in [1.54, 1.807) is 13.1 Å². The summed E-state index contributed by atoms with van der Waals surface area (Å²) in [6, 6.07) is 9.99. The highest BCUT2D eigenvalue weighted by molar-refractivity contribution is 5.74. The number of aromatic nitrogens is 2. The molecule has 0 spiro atoms. The molecule has 1 atom stereocenters. The van der Waals surface area contributed by atoms with Crippen molar-refractivity contribution >= 4 is 17.5 Å². The lowest BCUT2D eigenvalue weighted by molar-refractivity contribution is -0.129. The number of hydrogen-bond acceptors (Lipinski definition) is 4. The lowest BCUT2D eigenvalue weighted by atomic mass is 10.1. The molecule has 5 nitrogen and oxygen atoms in total. The highest BCUT2D eigenvalue weighted by atomic mass is 16.2. The maximum atomic E-state index is 11.7. The number of nitrogens with zero attached hydrogens (tertiary/aromatic N) is 3. The number of rotatable bonds is 3. The molecule has 1 saturated heterocycles. The van der Waals surface area contributed by atoms with Crippen LogP contribution in [0.2, 0.25) is 0 Å². The standard InChI is InChI=1S/C17H20N4O/c1-12-5-3-7-16(19-12)20-17-11-14(8-9-18-17)15-6-4-10-21(15)13(2)22/h3,5,7-9,11,15H,4,6,10H2,1-2H3,(H,18,19,20). The fraction of sp³-hybridized carbons (Fsp3) is 0.353. The monoisotopic (exact) mass is 296 g/mol. The molecule has 0 bridgehead atoms. The minimum Gasteiger partial charge on any atom is -0.336 e. The molecule has 0 saturated carbocycles.